The van der Waals surface area contributed by atoms with Crippen LogP contribution in [0.3, 0.4) is 0 Å². The molecule has 4 rings (SSSR count). The van der Waals surface area contributed by atoms with E-state index < -0.39 is 21.7 Å². The van der Waals surface area contributed by atoms with Crippen LogP contribution in [-0.4, -0.2) is 33.7 Å². The number of amides is 1. The first-order chi connectivity index (χ1) is 14.7. The molecule has 11 heteroatoms. The first-order valence-electron chi connectivity index (χ1n) is 9.10. The Morgan fingerprint density at radius 1 is 0.968 bits per heavy atom. The van der Waals surface area contributed by atoms with Gasteiger partial charge in [0, 0.05) is 29.5 Å². The largest absolute Gasteiger partial charge is 0.321 e. The van der Waals surface area contributed by atoms with Gasteiger partial charge in [-0.2, -0.15) is 0 Å². The van der Waals surface area contributed by atoms with E-state index in [1.54, 1.807) is 19.9 Å². The average Bonchev–Trinajstić information content (AvgIpc) is 3.10. The normalized spacial score (nSPS) is 11.5. The highest BCUT2D eigenvalue weighted by Gasteiger charge is 2.17. The lowest BCUT2D eigenvalue weighted by atomic mass is 10.3. The molecule has 4 aromatic rings. The second-order valence-corrected chi connectivity index (χ2v) is 8.48. The van der Waals surface area contributed by atoms with Crippen LogP contribution in [0.15, 0.2) is 59.8 Å². The summed E-state index contributed by atoms with van der Waals surface area (Å²) in [5.74, 6) is -0.979. The third-order valence-corrected chi connectivity index (χ3v) is 5.62. The van der Waals surface area contributed by atoms with Crippen LogP contribution in [0.4, 0.5) is 16.0 Å². The molecule has 1 amide bonds. The maximum absolute atomic E-state index is 13.3. The van der Waals surface area contributed by atoms with Crippen molar-refractivity contribution in [1.82, 2.24) is 19.4 Å². The van der Waals surface area contributed by atoms with Gasteiger partial charge < -0.3 is 9.72 Å². The van der Waals surface area contributed by atoms with Crippen molar-refractivity contribution in [3.05, 3.63) is 77.8 Å². The summed E-state index contributed by atoms with van der Waals surface area (Å²) in [5, 5.41) is 2.63. The van der Waals surface area contributed by atoms with Crippen LogP contribution >= 0.6 is 0 Å². The zero-order valence-corrected chi connectivity index (χ0v) is 17.3. The molecular weight excluding hydrogens is 423 g/mol. The predicted octanol–water partition coefficient (Wildman–Crippen LogP) is 2.93. The number of aromatic nitrogens is 4. The number of rotatable bonds is 5. The van der Waals surface area contributed by atoms with Crippen LogP contribution in [-0.2, 0) is 10.0 Å². The van der Waals surface area contributed by atoms with Gasteiger partial charge >= 0.3 is 0 Å². The van der Waals surface area contributed by atoms with Gasteiger partial charge in [-0.3, -0.25) is 4.79 Å². The number of sulfonamides is 1. The number of hydrogen-bond donors (Lipinski definition) is 2. The monoisotopic (exact) mass is 440 g/mol. The predicted molar refractivity (Wildman–Crippen MR) is 112 cm³/mol. The zero-order valence-electron chi connectivity index (χ0n) is 16.5. The van der Waals surface area contributed by atoms with Gasteiger partial charge in [0.25, 0.3) is 15.9 Å². The molecule has 0 bridgehead atoms. The lowest BCUT2D eigenvalue weighted by molar-refractivity contribution is 0.102. The van der Waals surface area contributed by atoms with E-state index in [9.17, 15) is 17.6 Å². The summed E-state index contributed by atoms with van der Waals surface area (Å²) in [4.78, 5) is 24.7. The van der Waals surface area contributed by atoms with Crippen LogP contribution in [0.2, 0.25) is 0 Å². The number of hydrogen-bond acceptors (Lipinski definition) is 6. The Morgan fingerprint density at radius 2 is 1.65 bits per heavy atom. The van der Waals surface area contributed by atoms with Gasteiger partial charge in [-0.15, -0.1) is 0 Å². The number of aryl methyl sites for hydroxylation is 2. The number of anilines is 2. The molecule has 0 fully saturated rings. The number of pyridine rings is 1. The van der Waals surface area contributed by atoms with Crippen molar-refractivity contribution >= 4 is 33.2 Å². The van der Waals surface area contributed by atoms with Gasteiger partial charge in [-0.1, -0.05) is 0 Å². The standard InChI is InChI=1S/C20H17FN6O3S/c1-12-9-13(2)23-20(22-12)26-31(29,30)16-6-4-15(5-7-16)24-19(28)17-11-27-10-14(21)3-8-18(27)25-17/h3-11H,1-2H3,(H,24,28)(H,22,23,26). The molecule has 0 radical (unpaired) electrons. The van der Waals surface area contributed by atoms with E-state index in [0.717, 1.165) is 0 Å². The minimum Gasteiger partial charge on any atom is -0.321 e. The number of carbonyl (C=O) groups excluding carboxylic acids is 1. The molecule has 0 saturated carbocycles. The summed E-state index contributed by atoms with van der Waals surface area (Å²) in [6, 6.07) is 10.0. The number of benzene rings is 1. The van der Waals surface area contributed by atoms with Crippen molar-refractivity contribution in [3.63, 3.8) is 0 Å². The van der Waals surface area contributed by atoms with Gasteiger partial charge in [-0.05, 0) is 56.3 Å². The second-order valence-electron chi connectivity index (χ2n) is 6.80. The maximum Gasteiger partial charge on any atom is 0.275 e. The highest BCUT2D eigenvalue weighted by Crippen LogP contribution is 2.18. The third-order valence-electron chi connectivity index (χ3n) is 4.28. The summed E-state index contributed by atoms with van der Waals surface area (Å²) in [7, 11) is -3.90. The Kier molecular flexibility index (Phi) is 5.11. The van der Waals surface area contributed by atoms with Crippen molar-refractivity contribution in [1.29, 1.82) is 0 Å². The second kappa shape index (κ2) is 7.76. The number of halogens is 1. The minimum absolute atomic E-state index is 0.0156. The van der Waals surface area contributed by atoms with Crippen LogP contribution in [0.25, 0.3) is 5.65 Å². The highest BCUT2D eigenvalue weighted by molar-refractivity contribution is 7.92. The Hall–Kier alpha value is -3.86. The lowest BCUT2D eigenvalue weighted by Crippen LogP contribution is -2.16. The van der Waals surface area contributed by atoms with Crippen molar-refractivity contribution in [2.45, 2.75) is 18.7 Å². The van der Waals surface area contributed by atoms with E-state index >= 15 is 0 Å². The first-order valence-corrected chi connectivity index (χ1v) is 10.6. The molecule has 2 N–H and O–H groups in total. The molecule has 0 aliphatic rings. The minimum atomic E-state index is -3.90. The van der Waals surface area contributed by atoms with E-state index in [1.807, 2.05) is 0 Å². The van der Waals surface area contributed by atoms with Crippen LogP contribution in [0.1, 0.15) is 21.9 Å². The number of nitrogens with one attached hydrogen (secondary N) is 2. The quantitative estimate of drug-likeness (QED) is 0.493. The number of fused-ring (bicyclic) bond motifs is 1. The smallest absolute Gasteiger partial charge is 0.275 e. The van der Waals surface area contributed by atoms with Gasteiger partial charge in [0.2, 0.25) is 5.95 Å². The summed E-state index contributed by atoms with van der Waals surface area (Å²) < 4.78 is 42.2. The first kappa shape index (κ1) is 20.4. The Bertz CT molecular complexity index is 1380. The molecule has 3 heterocycles. The number of carbonyl (C=O) groups is 1. The van der Waals surface area contributed by atoms with Gasteiger partial charge in [0.15, 0.2) is 0 Å². The molecule has 0 spiro atoms. The topological polar surface area (TPSA) is 118 Å². The molecule has 31 heavy (non-hydrogen) atoms. The molecule has 0 aliphatic carbocycles. The fourth-order valence-corrected chi connectivity index (χ4v) is 3.88. The summed E-state index contributed by atoms with van der Waals surface area (Å²) in [6.45, 7) is 3.48. The van der Waals surface area contributed by atoms with Crippen molar-refractivity contribution < 1.29 is 17.6 Å². The summed E-state index contributed by atoms with van der Waals surface area (Å²) in [6.07, 6.45) is 2.62. The Labute approximate surface area is 177 Å². The van der Waals surface area contributed by atoms with E-state index in [2.05, 4.69) is 25.0 Å². The molecule has 9 nitrogen and oxygen atoms in total. The molecule has 3 aromatic heterocycles. The van der Waals surface area contributed by atoms with Crippen LogP contribution in [0, 0.1) is 19.7 Å². The Morgan fingerprint density at radius 3 is 2.32 bits per heavy atom. The van der Waals surface area contributed by atoms with Crippen molar-refractivity contribution in [3.8, 4) is 0 Å². The Balaban J connectivity index is 1.49. The summed E-state index contributed by atoms with van der Waals surface area (Å²) in [5.41, 5.74) is 2.16. The van der Waals surface area contributed by atoms with Gasteiger partial charge in [-0.25, -0.2) is 32.5 Å². The molecule has 158 valence electrons. The van der Waals surface area contributed by atoms with Crippen LogP contribution < -0.4 is 10.0 Å². The van der Waals surface area contributed by atoms with Crippen LogP contribution in [0.5, 0.6) is 0 Å². The van der Waals surface area contributed by atoms with Gasteiger partial charge in [0.1, 0.15) is 17.2 Å². The van der Waals surface area contributed by atoms with E-state index in [0.29, 0.717) is 22.7 Å². The van der Waals surface area contributed by atoms with Gasteiger partial charge in [0.05, 0.1) is 4.90 Å². The fourth-order valence-electron chi connectivity index (χ4n) is 2.94. The number of nitrogens with zero attached hydrogens (tertiary/aromatic N) is 4. The number of imidazole rings is 1. The molecule has 0 unspecified atom stereocenters. The maximum atomic E-state index is 13.3. The van der Waals surface area contributed by atoms with Crippen molar-refractivity contribution in [2.24, 2.45) is 0 Å². The third kappa shape index (κ3) is 4.51. The van der Waals surface area contributed by atoms with E-state index in [1.165, 1.54) is 53.2 Å². The average molecular weight is 440 g/mol. The van der Waals surface area contributed by atoms with E-state index in [-0.39, 0.29) is 16.5 Å². The molecule has 0 saturated heterocycles. The molecule has 0 atom stereocenters. The zero-order chi connectivity index (χ0) is 22.2. The fraction of sp³-hybridized carbons (Fsp3) is 0.100. The SMILES string of the molecule is Cc1cc(C)nc(NS(=O)(=O)c2ccc(NC(=O)c3cn4cc(F)ccc4n3)cc2)n1. The summed E-state index contributed by atoms with van der Waals surface area (Å²) >= 11 is 0. The van der Waals surface area contributed by atoms with Crippen molar-refractivity contribution in [2.75, 3.05) is 10.0 Å². The molecule has 0 aliphatic heterocycles. The van der Waals surface area contributed by atoms with E-state index in [4.69, 9.17) is 0 Å². The molecular formula is C20H17FN6O3S. The molecule has 1 aromatic carbocycles. The lowest BCUT2D eigenvalue weighted by Gasteiger charge is -2.09. The highest BCUT2D eigenvalue weighted by atomic mass is 32.2.